The zero-order valence-corrected chi connectivity index (χ0v) is 12.3. The van der Waals surface area contributed by atoms with E-state index in [2.05, 4.69) is 42.8 Å². The van der Waals surface area contributed by atoms with Gasteiger partial charge in [-0.15, -0.1) is 24.2 Å². The first-order valence-corrected chi connectivity index (χ1v) is 7.28. The van der Waals surface area contributed by atoms with E-state index in [0.717, 1.165) is 13.1 Å². The van der Waals surface area contributed by atoms with E-state index < -0.39 is 0 Å². The standard InChI is InChI=1S/C14H21NS.ClH/c1-14(8-3-9-14)11-15-10-12-4-6-13(16-2)7-5-12;/h4-7,15H,3,8-11H2,1-2H3;1H. The first-order chi connectivity index (χ1) is 7.72. The largest absolute Gasteiger partial charge is 0.312 e. The summed E-state index contributed by atoms with van der Waals surface area (Å²) in [6, 6.07) is 8.85. The van der Waals surface area contributed by atoms with Crippen molar-refractivity contribution in [3.8, 4) is 0 Å². The Labute approximate surface area is 115 Å². The molecule has 1 aliphatic rings. The highest BCUT2D eigenvalue weighted by Crippen LogP contribution is 2.39. The van der Waals surface area contributed by atoms with Crippen molar-refractivity contribution < 1.29 is 0 Å². The highest BCUT2D eigenvalue weighted by molar-refractivity contribution is 7.98. The lowest BCUT2D eigenvalue weighted by Gasteiger charge is -2.38. The highest BCUT2D eigenvalue weighted by Gasteiger charge is 2.30. The maximum atomic E-state index is 3.57. The van der Waals surface area contributed by atoms with Gasteiger partial charge in [0, 0.05) is 18.0 Å². The molecular weight excluding hydrogens is 250 g/mol. The van der Waals surface area contributed by atoms with Crippen molar-refractivity contribution in [1.82, 2.24) is 5.32 Å². The zero-order valence-electron chi connectivity index (χ0n) is 10.7. The van der Waals surface area contributed by atoms with Crippen LogP contribution in [0.25, 0.3) is 0 Å². The van der Waals surface area contributed by atoms with Gasteiger partial charge in [0.1, 0.15) is 0 Å². The van der Waals surface area contributed by atoms with Crippen LogP contribution in [0.3, 0.4) is 0 Å². The maximum Gasteiger partial charge on any atom is 0.0205 e. The molecule has 0 unspecified atom stereocenters. The van der Waals surface area contributed by atoms with Gasteiger partial charge in [0.25, 0.3) is 0 Å². The minimum atomic E-state index is 0. The molecule has 0 radical (unpaired) electrons. The van der Waals surface area contributed by atoms with Crippen molar-refractivity contribution in [2.24, 2.45) is 5.41 Å². The molecule has 0 aliphatic heterocycles. The lowest BCUT2D eigenvalue weighted by molar-refractivity contribution is 0.156. The quantitative estimate of drug-likeness (QED) is 0.809. The van der Waals surface area contributed by atoms with Crippen LogP contribution in [0.15, 0.2) is 29.2 Å². The Balaban J connectivity index is 0.00000144. The van der Waals surface area contributed by atoms with Gasteiger partial charge in [-0.05, 0) is 42.2 Å². The van der Waals surface area contributed by atoms with Crippen LogP contribution in [0.2, 0.25) is 0 Å². The first-order valence-electron chi connectivity index (χ1n) is 6.06. The minimum absolute atomic E-state index is 0. The lowest BCUT2D eigenvalue weighted by atomic mass is 9.70. The van der Waals surface area contributed by atoms with Gasteiger partial charge in [-0.2, -0.15) is 0 Å². The van der Waals surface area contributed by atoms with Gasteiger partial charge >= 0.3 is 0 Å². The minimum Gasteiger partial charge on any atom is -0.312 e. The molecule has 0 bridgehead atoms. The fourth-order valence-electron chi connectivity index (χ4n) is 2.21. The predicted octanol–water partition coefficient (Wildman–Crippen LogP) is 4.11. The first kappa shape index (κ1) is 14.9. The number of hydrogen-bond acceptors (Lipinski definition) is 2. The average molecular weight is 272 g/mol. The molecule has 1 fully saturated rings. The second kappa shape index (κ2) is 6.67. The molecule has 1 saturated carbocycles. The summed E-state index contributed by atoms with van der Waals surface area (Å²) in [7, 11) is 0. The molecule has 17 heavy (non-hydrogen) atoms. The second-order valence-corrected chi connectivity index (χ2v) is 6.00. The third-order valence-electron chi connectivity index (χ3n) is 3.60. The third-order valence-corrected chi connectivity index (χ3v) is 4.34. The van der Waals surface area contributed by atoms with Crippen molar-refractivity contribution in [2.45, 2.75) is 37.6 Å². The van der Waals surface area contributed by atoms with Crippen LogP contribution >= 0.6 is 24.2 Å². The molecule has 0 spiro atoms. The van der Waals surface area contributed by atoms with E-state index in [1.807, 2.05) is 0 Å². The highest BCUT2D eigenvalue weighted by atomic mass is 35.5. The summed E-state index contributed by atoms with van der Waals surface area (Å²) >= 11 is 1.80. The summed E-state index contributed by atoms with van der Waals surface area (Å²) in [6.45, 7) is 4.56. The molecule has 2 rings (SSSR count). The average Bonchev–Trinajstić information content (AvgIpc) is 2.28. The van der Waals surface area contributed by atoms with Crippen LogP contribution in [-0.2, 0) is 6.54 Å². The van der Waals surface area contributed by atoms with E-state index in [1.54, 1.807) is 11.8 Å². The molecule has 3 heteroatoms. The molecule has 1 aliphatic carbocycles. The van der Waals surface area contributed by atoms with E-state index in [4.69, 9.17) is 0 Å². The van der Waals surface area contributed by atoms with Crippen molar-refractivity contribution in [2.75, 3.05) is 12.8 Å². The summed E-state index contributed by atoms with van der Waals surface area (Å²) in [6.07, 6.45) is 6.32. The predicted molar refractivity (Wildman–Crippen MR) is 79.1 cm³/mol. The van der Waals surface area contributed by atoms with Gasteiger partial charge in [0.05, 0.1) is 0 Å². The topological polar surface area (TPSA) is 12.0 Å². The molecule has 0 amide bonds. The van der Waals surface area contributed by atoms with Gasteiger partial charge < -0.3 is 5.32 Å². The monoisotopic (exact) mass is 271 g/mol. The summed E-state index contributed by atoms with van der Waals surface area (Å²) in [5.74, 6) is 0. The van der Waals surface area contributed by atoms with E-state index in [9.17, 15) is 0 Å². The fourth-order valence-corrected chi connectivity index (χ4v) is 2.62. The maximum absolute atomic E-state index is 3.57. The van der Waals surface area contributed by atoms with Crippen molar-refractivity contribution in [3.05, 3.63) is 29.8 Å². The molecular formula is C14H22ClNS. The summed E-state index contributed by atoms with van der Waals surface area (Å²) < 4.78 is 0. The van der Waals surface area contributed by atoms with Crippen LogP contribution in [0, 0.1) is 5.41 Å². The number of hydrogen-bond donors (Lipinski definition) is 1. The number of thioether (sulfide) groups is 1. The Morgan fingerprint density at radius 2 is 1.88 bits per heavy atom. The van der Waals surface area contributed by atoms with Crippen molar-refractivity contribution >= 4 is 24.2 Å². The fraction of sp³-hybridized carbons (Fsp3) is 0.571. The van der Waals surface area contributed by atoms with Crippen LogP contribution in [0.4, 0.5) is 0 Å². The summed E-state index contributed by atoms with van der Waals surface area (Å²) in [5.41, 5.74) is 1.97. The Morgan fingerprint density at radius 1 is 1.24 bits per heavy atom. The molecule has 96 valence electrons. The second-order valence-electron chi connectivity index (χ2n) is 5.12. The number of rotatable bonds is 5. The van der Waals surface area contributed by atoms with Gasteiger partial charge in [-0.1, -0.05) is 25.5 Å². The molecule has 0 atom stereocenters. The molecule has 1 aromatic rings. The smallest absolute Gasteiger partial charge is 0.0205 e. The third kappa shape index (κ3) is 4.20. The van der Waals surface area contributed by atoms with Crippen molar-refractivity contribution in [3.63, 3.8) is 0 Å². The zero-order chi connectivity index (χ0) is 11.4. The van der Waals surface area contributed by atoms with Gasteiger partial charge in [0.2, 0.25) is 0 Å². The van der Waals surface area contributed by atoms with Crippen LogP contribution in [-0.4, -0.2) is 12.8 Å². The SMILES string of the molecule is CSc1ccc(CNCC2(C)CCC2)cc1.Cl. The molecule has 1 aromatic carbocycles. The van der Waals surface area contributed by atoms with Crippen LogP contribution in [0.1, 0.15) is 31.7 Å². The number of nitrogens with one attached hydrogen (secondary N) is 1. The van der Waals surface area contributed by atoms with E-state index in [1.165, 1.54) is 29.7 Å². The lowest BCUT2D eigenvalue weighted by Crippen LogP contribution is -2.36. The van der Waals surface area contributed by atoms with E-state index in [0.29, 0.717) is 5.41 Å². The van der Waals surface area contributed by atoms with Gasteiger partial charge in [0.15, 0.2) is 0 Å². The molecule has 0 heterocycles. The Kier molecular flexibility index (Phi) is 5.84. The molecule has 0 aromatic heterocycles. The summed E-state index contributed by atoms with van der Waals surface area (Å²) in [5, 5.41) is 3.57. The Morgan fingerprint density at radius 3 is 2.35 bits per heavy atom. The Bertz CT molecular complexity index is 333. The van der Waals surface area contributed by atoms with E-state index in [-0.39, 0.29) is 12.4 Å². The molecule has 0 saturated heterocycles. The normalized spacial score (nSPS) is 17.1. The molecule has 1 N–H and O–H groups in total. The van der Waals surface area contributed by atoms with Crippen LogP contribution in [0.5, 0.6) is 0 Å². The van der Waals surface area contributed by atoms with Gasteiger partial charge in [-0.3, -0.25) is 0 Å². The molecule has 1 nitrogen and oxygen atoms in total. The van der Waals surface area contributed by atoms with Crippen molar-refractivity contribution in [1.29, 1.82) is 0 Å². The van der Waals surface area contributed by atoms with E-state index >= 15 is 0 Å². The van der Waals surface area contributed by atoms with Crippen LogP contribution < -0.4 is 5.32 Å². The van der Waals surface area contributed by atoms with Gasteiger partial charge in [-0.25, -0.2) is 0 Å². The number of halogens is 1. The Hall–Kier alpha value is -0.180. The number of benzene rings is 1. The summed E-state index contributed by atoms with van der Waals surface area (Å²) in [4.78, 5) is 1.34.